The number of hydrogen-bond donors (Lipinski definition) is 2. The molecule has 2 fully saturated rings. The van der Waals surface area contributed by atoms with Crippen LogP contribution in [0.1, 0.15) is 53.6 Å². The van der Waals surface area contributed by atoms with Crippen LogP contribution >= 0.6 is 11.6 Å². The number of carbonyl (C=O) groups is 3. The van der Waals surface area contributed by atoms with Crippen LogP contribution in [0, 0.1) is 5.82 Å². The Morgan fingerprint density at radius 2 is 1.96 bits per heavy atom. The summed E-state index contributed by atoms with van der Waals surface area (Å²) in [4.78, 5) is 50.2. The Morgan fingerprint density at radius 1 is 1.15 bits per heavy atom. The fourth-order valence-electron chi connectivity index (χ4n) is 6.89. The molecule has 0 radical (unpaired) electrons. The van der Waals surface area contributed by atoms with Crippen LogP contribution in [0.4, 0.5) is 13.2 Å². The quantitative estimate of drug-likeness (QED) is 0.196. The molecule has 2 N–H and O–H groups in total. The Hall–Kier alpha value is -4.99. The number of halogens is 4. The third-order valence-corrected chi connectivity index (χ3v) is 10.2. The molecule has 2 aromatic heterocycles. The molecule has 0 aliphatic carbocycles. The van der Waals surface area contributed by atoms with Gasteiger partial charge in [0.1, 0.15) is 30.3 Å². The Balaban J connectivity index is 1.02. The topological polar surface area (TPSA) is 139 Å². The summed E-state index contributed by atoms with van der Waals surface area (Å²) in [5.74, 6) is -5.65. The van der Waals surface area contributed by atoms with Crippen molar-refractivity contribution >= 4 is 46.0 Å². The molecule has 2 saturated heterocycles. The maximum atomic E-state index is 14.2. The number of pyridine rings is 1. The smallest absolute Gasteiger partial charge is 0.326 e. The molecule has 12 nitrogen and oxygen atoms in total. The van der Waals surface area contributed by atoms with Gasteiger partial charge in [0.15, 0.2) is 0 Å². The van der Waals surface area contributed by atoms with Crippen LogP contribution in [0.5, 0.6) is 5.88 Å². The number of fused-ring (bicyclic) bond motifs is 1. The standard InChI is InChI=1S/C38H38ClF3N6O6/c1-22(36(50)48-21-38(41,42)17-32(48)37(51)52)43-35(49)24-6-8-31-30(15-24)44-33(47(31)18-27-11-14-53-27)19-46-12-9-23(10-13-46)29-3-2-4-34(45-29)54-20-25-5-7-26(39)16-28(25)40/h2-9,15-16,22,27,32H,10-14,17-21H2,1H3,(H,43,49)(H,51,52)/t22-,27-,32-/m0/s1. The molecule has 3 aliphatic heterocycles. The molecular weight excluding hydrogens is 729 g/mol. The fourth-order valence-corrected chi connectivity index (χ4v) is 7.05. The lowest BCUT2D eigenvalue weighted by atomic mass is 10.0. The second kappa shape index (κ2) is 15.4. The number of likely N-dealkylation sites (tertiary alicyclic amines) is 1. The normalized spacial score (nSPS) is 20.3. The van der Waals surface area contributed by atoms with Crippen molar-refractivity contribution in [3.05, 3.63) is 94.2 Å². The first-order valence-corrected chi connectivity index (χ1v) is 18.0. The van der Waals surface area contributed by atoms with Gasteiger partial charge in [0.2, 0.25) is 11.8 Å². The van der Waals surface area contributed by atoms with E-state index < -0.39 is 54.6 Å². The minimum absolute atomic E-state index is 0.0155. The molecule has 0 saturated carbocycles. The highest BCUT2D eigenvalue weighted by Gasteiger charge is 2.51. The number of nitrogens with zero attached hydrogens (tertiary/aromatic N) is 5. The summed E-state index contributed by atoms with van der Waals surface area (Å²) in [6.07, 6.45) is 2.81. The first-order chi connectivity index (χ1) is 25.8. The van der Waals surface area contributed by atoms with Gasteiger partial charge in [-0.25, -0.2) is 27.9 Å². The maximum Gasteiger partial charge on any atom is 0.326 e. The van der Waals surface area contributed by atoms with E-state index in [0.29, 0.717) is 53.1 Å². The van der Waals surface area contributed by atoms with Crippen LogP contribution in [0.3, 0.4) is 0 Å². The Bertz CT molecular complexity index is 2120. The molecule has 2 amide bonds. The first kappa shape index (κ1) is 37.3. The molecule has 4 aromatic rings. The number of ether oxygens (including phenoxy) is 2. The van der Waals surface area contributed by atoms with Crippen LogP contribution in [0.15, 0.2) is 60.7 Å². The van der Waals surface area contributed by atoms with E-state index in [9.17, 15) is 32.7 Å². The second-order valence-electron chi connectivity index (χ2n) is 13.8. The lowest BCUT2D eigenvalue weighted by Crippen LogP contribution is -2.50. The molecule has 284 valence electrons. The van der Waals surface area contributed by atoms with E-state index >= 15 is 0 Å². The number of hydrogen-bond acceptors (Lipinski definition) is 8. The minimum atomic E-state index is -3.33. The molecule has 0 unspecified atom stereocenters. The van der Waals surface area contributed by atoms with Crippen LogP contribution in [-0.4, -0.2) is 97.6 Å². The van der Waals surface area contributed by atoms with Crippen molar-refractivity contribution in [1.29, 1.82) is 0 Å². The van der Waals surface area contributed by atoms with Crippen LogP contribution < -0.4 is 10.1 Å². The largest absolute Gasteiger partial charge is 0.480 e. The summed E-state index contributed by atoms with van der Waals surface area (Å²) in [7, 11) is 0. The molecule has 7 rings (SSSR count). The predicted octanol–water partition coefficient (Wildman–Crippen LogP) is 5.32. The maximum absolute atomic E-state index is 14.2. The molecule has 54 heavy (non-hydrogen) atoms. The Morgan fingerprint density at radius 3 is 2.67 bits per heavy atom. The van der Waals surface area contributed by atoms with Crippen molar-refractivity contribution in [3.63, 3.8) is 0 Å². The highest BCUT2D eigenvalue weighted by molar-refractivity contribution is 6.30. The number of carboxylic acid groups (broad SMARTS) is 1. The van der Waals surface area contributed by atoms with Crippen LogP contribution in [-0.2, 0) is 34.0 Å². The first-order valence-electron chi connectivity index (χ1n) is 17.6. The van der Waals surface area contributed by atoms with Gasteiger partial charge in [0, 0.05) is 48.3 Å². The third kappa shape index (κ3) is 8.22. The summed E-state index contributed by atoms with van der Waals surface area (Å²) in [5.41, 5.74) is 3.79. The monoisotopic (exact) mass is 766 g/mol. The zero-order valence-corrected chi connectivity index (χ0v) is 30.1. The summed E-state index contributed by atoms with van der Waals surface area (Å²) >= 11 is 5.86. The van der Waals surface area contributed by atoms with Gasteiger partial charge in [0.25, 0.3) is 11.8 Å². The molecule has 0 bridgehead atoms. The minimum Gasteiger partial charge on any atom is -0.480 e. The fraction of sp³-hybridized carbons (Fsp3) is 0.395. The molecule has 2 aromatic carbocycles. The van der Waals surface area contributed by atoms with Gasteiger partial charge in [-0.15, -0.1) is 0 Å². The second-order valence-corrected chi connectivity index (χ2v) is 14.2. The van der Waals surface area contributed by atoms with E-state index in [4.69, 9.17) is 26.1 Å². The Kier molecular flexibility index (Phi) is 10.6. The molecule has 5 heterocycles. The van der Waals surface area contributed by atoms with Gasteiger partial charge in [-0.2, -0.15) is 0 Å². The number of benzene rings is 2. The molecular formula is C38H38ClF3N6O6. The van der Waals surface area contributed by atoms with Crippen molar-refractivity contribution in [2.45, 2.75) is 70.0 Å². The number of aromatic nitrogens is 3. The van der Waals surface area contributed by atoms with Gasteiger partial charge in [-0.3, -0.25) is 14.5 Å². The van der Waals surface area contributed by atoms with Gasteiger partial charge in [-0.05, 0) is 61.7 Å². The zero-order chi connectivity index (χ0) is 38.1. The van der Waals surface area contributed by atoms with E-state index in [1.807, 2.05) is 12.1 Å². The number of imidazole rings is 1. The zero-order valence-electron chi connectivity index (χ0n) is 29.3. The highest BCUT2D eigenvalue weighted by Crippen LogP contribution is 2.33. The lowest BCUT2D eigenvalue weighted by Gasteiger charge is -2.29. The van der Waals surface area contributed by atoms with Gasteiger partial charge >= 0.3 is 5.97 Å². The third-order valence-electron chi connectivity index (χ3n) is 9.93. The van der Waals surface area contributed by atoms with Crippen molar-refractivity contribution in [2.75, 3.05) is 26.2 Å². The van der Waals surface area contributed by atoms with E-state index in [0.717, 1.165) is 42.0 Å². The number of rotatable bonds is 12. The van der Waals surface area contributed by atoms with Gasteiger partial charge in [-0.1, -0.05) is 29.8 Å². The van der Waals surface area contributed by atoms with E-state index in [1.165, 1.54) is 13.0 Å². The summed E-state index contributed by atoms with van der Waals surface area (Å²) in [5, 5.41) is 12.2. The van der Waals surface area contributed by atoms with Crippen molar-refractivity contribution in [1.82, 2.24) is 29.7 Å². The predicted molar refractivity (Wildman–Crippen MR) is 192 cm³/mol. The van der Waals surface area contributed by atoms with Crippen LogP contribution in [0.25, 0.3) is 16.6 Å². The Labute approximate surface area is 313 Å². The number of amides is 2. The summed E-state index contributed by atoms with van der Waals surface area (Å²) < 4.78 is 55.8. The lowest BCUT2D eigenvalue weighted by molar-refractivity contribution is -0.148. The van der Waals surface area contributed by atoms with Gasteiger partial charge < -0.3 is 29.4 Å². The molecule has 3 atom stereocenters. The molecule has 3 aliphatic rings. The van der Waals surface area contributed by atoms with Gasteiger partial charge in [0.05, 0.1) is 42.5 Å². The molecule has 16 heteroatoms. The summed E-state index contributed by atoms with van der Waals surface area (Å²) in [6.45, 7) is 3.48. The number of aliphatic carboxylic acids is 1. The number of nitrogens with one attached hydrogen (secondary N) is 1. The van der Waals surface area contributed by atoms with Crippen molar-refractivity contribution in [2.24, 2.45) is 0 Å². The van der Waals surface area contributed by atoms with E-state index in [1.54, 1.807) is 36.4 Å². The molecule has 0 spiro atoms. The average molecular weight is 767 g/mol. The summed E-state index contributed by atoms with van der Waals surface area (Å²) in [6, 6.07) is 12.0. The average Bonchev–Trinajstić information content (AvgIpc) is 3.64. The van der Waals surface area contributed by atoms with E-state index in [-0.39, 0.29) is 18.3 Å². The highest BCUT2D eigenvalue weighted by atomic mass is 35.5. The number of carbonyl (C=O) groups excluding carboxylic acids is 2. The number of carboxylic acids is 1. The van der Waals surface area contributed by atoms with Crippen molar-refractivity contribution in [3.8, 4) is 5.88 Å². The van der Waals surface area contributed by atoms with E-state index in [2.05, 4.69) is 25.8 Å². The SMILES string of the molecule is C[C@H](NC(=O)c1ccc2c(c1)nc(CN1CC=C(c3cccc(OCc4ccc(Cl)cc4F)n3)CC1)n2C[C@@H]1CCO1)C(=O)N1CC(F)(F)C[C@H]1C(=O)O. The van der Waals surface area contributed by atoms with Crippen molar-refractivity contribution < 1.29 is 42.1 Å². The number of alkyl halides is 2. The van der Waals surface area contributed by atoms with Crippen LogP contribution in [0.2, 0.25) is 5.02 Å².